The van der Waals surface area contributed by atoms with Gasteiger partial charge in [-0.05, 0) is 31.9 Å². The van der Waals surface area contributed by atoms with E-state index in [0.29, 0.717) is 16.1 Å². The molecule has 0 saturated heterocycles. The first-order valence-electron chi connectivity index (χ1n) is 9.71. The van der Waals surface area contributed by atoms with E-state index in [1.54, 1.807) is 0 Å². The van der Waals surface area contributed by atoms with E-state index in [2.05, 4.69) is 32.0 Å². The minimum Gasteiger partial charge on any atom is -0.306 e. The molecule has 2 aromatic heterocycles. The van der Waals surface area contributed by atoms with E-state index in [-0.39, 0.29) is 11.7 Å². The number of carbonyl (C=O) groups excluding carboxylic acids is 1. The van der Waals surface area contributed by atoms with Crippen LogP contribution in [0.4, 0.5) is 5.13 Å². The van der Waals surface area contributed by atoms with Crippen molar-refractivity contribution in [3.8, 4) is 11.3 Å². The summed E-state index contributed by atoms with van der Waals surface area (Å²) >= 11 is 8.76. The van der Waals surface area contributed by atoms with Crippen LogP contribution in [0.15, 0.2) is 34.8 Å². The summed E-state index contributed by atoms with van der Waals surface area (Å²) in [6, 6.07) is 7.49. The Balaban J connectivity index is 1.35. The topological polar surface area (TPSA) is 72.7 Å². The lowest BCUT2D eigenvalue weighted by molar-refractivity contribution is -0.113. The second-order valence-corrected chi connectivity index (χ2v) is 9.19. The van der Waals surface area contributed by atoms with Gasteiger partial charge in [-0.15, -0.1) is 21.5 Å². The monoisotopic (exact) mass is 447 g/mol. The first kappa shape index (κ1) is 20.4. The van der Waals surface area contributed by atoms with Crippen LogP contribution in [0, 0.1) is 0 Å². The highest BCUT2D eigenvalue weighted by atomic mass is 35.5. The summed E-state index contributed by atoms with van der Waals surface area (Å²) in [5.74, 6) is 1.76. The molecule has 1 aromatic carbocycles. The largest absolute Gasteiger partial charge is 0.306 e. The average molecular weight is 448 g/mol. The molecule has 0 bridgehead atoms. The molecule has 0 spiro atoms. The predicted octanol–water partition coefficient (Wildman–Crippen LogP) is 5.46. The van der Waals surface area contributed by atoms with Crippen LogP contribution >= 0.6 is 34.7 Å². The summed E-state index contributed by atoms with van der Waals surface area (Å²) in [7, 11) is 0. The molecule has 0 atom stereocenters. The number of nitrogens with zero attached hydrogens (tertiary/aromatic N) is 4. The van der Waals surface area contributed by atoms with Crippen LogP contribution in [0.5, 0.6) is 0 Å². The molecule has 152 valence electrons. The summed E-state index contributed by atoms with van der Waals surface area (Å²) in [6.45, 7) is 2.92. The van der Waals surface area contributed by atoms with Gasteiger partial charge in [-0.25, -0.2) is 4.98 Å². The number of aromatic nitrogens is 4. The molecule has 1 N–H and O–H groups in total. The van der Waals surface area contributed by atoms with E-state index in [4.69, 9.17) is 11.6 Å². The number of thioether (sulfide) groups is 1. The van der Waals surface area contributed by atoms with Crippen LogP contribution in [-0.2, 0) is 11.3 Å². The summed E-state index contributed by atoms with van der Waals surface area (Å²) in [5.41, 5.74) is 1.79. The van der Waals surface area contributed by atoms with E-state index < -0.39 is 0 Å². The van der Waals surface area contributed by atoms with Gasteiger partial charge in [0.2, 0.25) is 5.91 Å². The number of benzene rings is 1. The second-order valence-electron chi connectivity index (χ2n) is 6.95. The minimum absolute atomic E-state index is 0.0972. The van der Waals surface area contributed by atoms with Crippen molar-refractivity contribution in [1.29, 1.82) is 0 Å². The van der Waals surface area contributed by atoms with E-state index in [0.717, 1.165) is 28.8 Å². The van der Waals surface area contributed by atoms with Crippen molar-refractivity contribution in [2.24, 2.45) is 0 Å². The molecule has 2 heterocycles. The first-order chi connectivity index (χ1) is 14.1. The molecule has 1 saturated carbocycles. The van der Waals surface area contributed by atoms with Crippen LogP contribution in [0.25, 0.3) is 11.3 Å². The van der Waals surface area contributed by atoms with Crippen molar-refractivity contribution >= 4 is 45.7 Å². The molecule has 0 unspecified atom stereocenters. The molecule has 0 aliphatic heterocycles. The maximum absolute atomic E-state index is 12.4. The molecule has 6 nitrogen and oxygen atoms in total. The molecule has 29 heavy (non-hydrogen) atoms. The number of hydrogen-bond donors (Lipinski definition) is 1. The zero-order chi connectivity index (χ0) is 20.2. The number of thiazole rings is 1. The lowest BCUT2D eigenvalue weighted by Gasteiger charge is -2.11. The molecule has 4 rings (SSSR count). The number of amides is 1. The van der Waals surface area contributed by atoms with Crippen molar-refractivity contribution in [1.82, 2.24) is 19.7 Å². The van der Waals surface area contributed by atoms with Gasteiger partial charge in [0.1, 0.15) is 5.82 Å². The zero-order valence-corrected chi connectivity index (χ0v) is 18.5. The van der Waals surface area contributed by atoms with Gasteiger partial charge in [-0.2, -0.15) is 0 Å². The highest BCUT2D eigenvalue weighted by Gasteiger charge is 2.24. The Kier molecular flexibility index (Phi) is 6.52. The Labute approximate surface area is 183 Å². The second kappa shape index (κ2) is 9.28. The number of carbonyl (C=O) groups is 1. The predicted molar refractivity (Wildman–Crippen MR) is 119 cm³/mol. The molecule has 1 amide bonds. The molecular formula is C20H22ClN5OS2. The Morgan fingerprint density at radius 2 is 2.03 bits per heavy atom. The van der Waals surface area contributed by atoms with E-state index in [9.17, 15) is 4.79 Å². The van der Waals surface area contributed by atoms with Crippen LogP contribution in [0.2, 0.25) is 5.02 Å². The first-order valence-corrected chi connectivity index (χ1v) is 12.0. The maximum atomic E-state index is 12.4. The van der Waals surface area contributed by atoms with Gasteiger partial charge in [-0.1, -0.05) is 48.3 Å². The molecule has 0 radical (unpaired) electrons. The fraction of sp³-hybridized carbons (Fsp3) is 0.400. The van der Waals surface area contributed by atoms with Crippen molar-refractivity contribution in [2.75, 3.05) is 11.1 Å². The number of hydrogen-bond acceptors (Lipinski definition) is 6. The maximum Gasteiger partial charge on any atom is 0.236 e. The van der Waals surface area contributed by atoms with Crippen LogP contribution in [0.1, 0.15) is 44.3 Å². The lowest BCUT2D eigenvalue weighted by atomic mass is 10.1. The Bertz CT molecular complexity index is 979. The molecule has 3 aromatic rings. The quantitative estimate of drug-likeness (QED) is 0.486. The van der Waals surface area contributed by atoms with Gasteiger partial charge in [0.25, 0.3) is 0 Å². The standard InChI is InChI=1S/C20H22ClN5OS2/c1-2-26-18(14-5-3-4-6-14)24-25-20(26)29-12-17(27)23-19-22-16(11-28-19)13-7-9-15(21)10-8-13/h7-11,14H,2-6,12H2,1H3,(H,22,23,27). The summed E-state index contributed by atoms with van der Waals surface area (Å²) in [6.07, 6.45) is 4.89. The van der Waals surface area contributed by atoms with E-state index in [1.165, 1.54) is 48.8 Å². The highest BCUT2D eigenvalue weighted by molar-refractivity contribution is 7.99. The number of halogens is 1. The number of nitrogens with one attached hydrogen (secondary N) is 1. The third-order valence-corrected chi connectivity index (χ3v) is 6.98. The normalized spacial score (nSPS) is 14.4. The summed E-state index contributed by atoms with van der Waals surface area (Å²) in [5, 5.41) is 15.6. The Morgan fingerprint density at radius 3 is 2.76 bits per heavy atom. The van der Waals surface area contributed by atoms with E-state index in [1.807, 2.05) is 29.6 Å². The SMILES string of the molecule is CCn1c(SCC(=O)Nc2nc(-c3ccc(Cl)cc3)cs2)nnc1C1CCCC1. The van der Waals surface area contributed by atoms with Gasteiger partial charge in [0.05, 0.1) is 11.4 Å². The molecule has 9 heteroatoms. The fourth-order valence-corrected chi connectivity index (χ4v) is 5.23. The van der Waals surface area contributed by atoms with Crippen LogP contribution < -0.4 is 5.32 Å². The lowest BCUT2D eigenvalue weighted by Crippen LogP contribution is -2.14. The van der Waals surface area contributed by atoms with Crippen molar-refractivity contribution in [2.45, 2.75) is 50.2 Å². The number of rotatable bonds is 7. The summed E-state index contributed by atoms with van der Waals surface area (Å²) < 4.78 is 2.15. The Morgan fingerprint density at radius 1 is 1.28 bits per heavy atom. The van der Waals surface area contributed by atoms with Gasteiger partial charge in [0.15, 0.2) is 10.3 Å². The minimum atomic E-state index is -0.0972. The Hall–Kier alpha value is -1.90. The van der Waals surface area contributed by atoms with Crippen LogP contribution in [-0.4, -0.2) is 31.4 Å². The molecule has 1 fully saturated rings. The van der Waals surface area contributed by atoms with Crippen molar-refractivity contribution in [3.05, 3.63) is 40.5 Å². The van der Waals surface area contributed by atoms with Crippen LogP contribution in [0.3, 0.4) is 0 Å². The number of anilines is 1. The zero-order valence-electron chi connectivity index (χ0n) is 16.1. The average Bonchev–Trinajstić information content (AvgIpc) is 3.47. The van der Waals surface area contributed by atoms with E-state index >= 15 is 0 Å². The smallest absolute Gasteiger partial charge is 0.236 e. The van der Waals surface area contributed by atoms with Gasteiger partial charge >= 0.3 is 0 Å². The van der Waals surface area contributed by atoms with Crippen molar-refractivity contribution < 1.29 is 4.79 Å². The molecule has 1 aliphatic carbocycles. The summed E-state index contributed by atoms with van der Waals surface area (Å²) in [4.78, 5) is 16.9. The fourth-order valence-electron chi connectivity index (χ4n) is 3.56. The molecular weight excluding hydrogens is 426 g/mol. The third-order valence-electron chi connectivity index (χ3n) is 5.00. The van der Waals surface area contributed by atoms with Gasteiger partial charge < -0.3 is 9.88 Å². The van der Waals surface area contributed by atoms with Gasteiger partial charge in [-0.3, -0.25) is 4.79 Å². The van der Waals surface area contributed by atoms with Gasteiger partial charge in [0, 0.05) is 28.4 Å². The highest BCUT2D eigenvalue weighted by Crippen LogP contribution is 2.34. The van der Waals surface area contributed by atoms with Crippen molar-refractivity contribution in [3.63, 3.8) is 0 Å². The molecule has 1 aliphatic rings. The third kappa shape index (κ3) is 4.82.